The first-order valence-electron chi connectivity index (χ1n) is 11.8. The molecule has 1 aromatic carbocycles. The van der Waals surface area contributed by atoms with Crippen molar-refractivity contribution in [3.8, 4) is 6.01 Å². The third-order valence-corrected chi connectivity index (χ3v) is 6.71. The molecule has 3 aliphatic rings. The van der Waals surface area contributed by atoms with Crippen LogP contribution in [0.3, 0.4) is 0 Å². The minimum absolute atomic E-state index is 0.0741. The van der Waals surface area contributed by atoms with Crippen LogP contribution in [0.4, 0.5) is 17.3 Å². The Morgan fingerprint density at radius 2 is 1.84 bits per heavy atom. The van der Waals surface area contributed by atoms with Crippen molar-refractivity contribution in [3.63, 3.8) is 0 Å². The highest BCUT2D eigenvalue weighted by molar-refractivity contribution is 5.98. The molecule has 0 spiro atoms. The molecule has 1 amide bonds. The van der Waals surface area contributed by atoms with E-state index in [1.54, 1.807) is 0 Å². The molecule has 8 nitrogen and oxygen atoms in total. The molecule has 170 valence electrons. The van der Waals surface area contributed by atoms with Gasteiger partial charge in [0.2, 0.25) is 5.91 Å². The molecule has 2 aromatic rings. The first-order chi connectivity index (χ1) is 15.6. The Bertz CT molecular complexity index is 971. The zero-order valence-corrected chi connectivity index (χ0v) is 18.6. The summed E-state index contributed by atoms with van der Waals surface area (Å²) in [6, 6.07) is 8.99. The monoisotopic (exact) mass is 436 g/mol. The molecule has 8 heteroatoms. The second kappa shape index (κ2) is 9.32. The number of anilines is 3. The van der Waals surface area contributed by atoms with E-state index in [9.17, 15) is 4.79 Å². The number of ether oxygens (including phenoxy) is 1. The smallest absolute Gasteiger partial charge is 0.320 e. The number of aromatic nitrogens is 2. The summed E-state index contributed by atoms with van der Waals surface area (Å²) in [5.74, 6) is 1.39. The van der Waals surface area contributed by atoms with E-state index in [4.69, 9.17) is 10.5 Å². The number of carbonyl (C=O) groups excluding carboxylic acids is 1. The second-order valence-corrected chi connectivity index (χ2v) is 9.22. The number of hydrogen-bond acceptors (Lipinski definition) is 7. The fourth-order valence-corrected chi connectivity index (χ4v) is 4.65. The third-order valence-electron chi connectivity index (χ3n) is 6.71. The fourth-order valence-electron chi connectivity index (χ4n) is 4.65. The van der Waals surface area contributed by atoms with Gasteiger partial charge in [0.05, 0.1) is 6.61 Å². The molecule has 1 aromatic heterocycles. The van der Waals surface area contributed by atoms with Gasteiger partial charge in [-0.05, 0) is 55.8 Å². The van der Waals surface area contributed by atoms with Crippen LogP contribution in [0, 0.1) is 5.92 Å². The van der Waals surface area contributed by atoms with Gasteiger partial charge in [-0.25, -0.2) is 0 Å². The maximum atomic E-state index is 12.3. The van der Waals surface area contributed by atoms with Crippen molar-refractivity contribution < 1.29 is 9.53 Å². The van der Waals surface area contributed by atoms with Crippen molar-refractivity contribution in [2.24, 2.45) is 5.92 Å². The summed E-state index contributed by atoms with van der Waals surface area (Å²) in [7, 11) is 0. The lowest BCUT2D eigenvalue weighted by atomic mass is 9.86. The summed E-state index contributed by atoms with van der Waals surface area (Å²) >= 11 is 0. The molecular formula is C24H32N6O2. The van der Waals surface area contributed by atoms with E-state index in [0.717, 1.165) is 6.54 Å². The number of nitrogens with one attached hydrogen (secondary N) is 1. The van der Waals surface area contributed by atoms with E-state index in [1.165, 1.54) is 56.3 Å². The Balaban J connectivity index is 1.36. The Kier molecular flexibility index (Phi) is 6.12. The summed E-state index contributed by atoms with van der Waals surface area (Å²) in [4.78, 5) is 25.9. The molecule has 5 rings (SSSR count). The number of nitrogens with two attached hydrogens (primary N) is 1. The lowest BCUT2D eigenvalue weighted by Gasteiger charge is -2.26. The number of benzene rings is 1. The van der Waals surface area contributed by atoms with E-state index >= 15 is 0 Å². The van der Waals surface area contributed by atoms with Crippen LogP contribution in [-0.2, 0) is 17.9 Å². The summed E-state index contributed by atoms with van der Waals surface area (Å²) in [5.41, 5.74) is 9.21. The number of fused-ring (bicyclic) bond motifs is 1. The number of amides is 1. The Labute approximate surface area is 189 Å². The zero-order chi connectivity index (χ0) is 21.9. The van der Waals surface area contributed by atoms with Gasteiger partial charge in [0.15, 0.2) is 11.6 Å². The standard InChI is InChI=1S/C24H32N6O2/c25-22-21-23(28-24(27-22)32-16-17-5-3-6-17)30(12-9-20(31)26-21)15-19-8-4-7-18(13-19)14-29-10-1-2-11-29/h4,7-8,13,17H,1-3,5-6,9-12,14-16H2,(H,26,31)(H2,25,27,28). The molecule has 0 radical (unpaired) electrons. The lowest BCUT2D eigenvalue weighted by Crippen LogP contribution is -2.26. The minimum atomic E-state index is -0.0741. The maximum absolute atomic E-state index is 12.3. The van der Waals surface area contributed by atoms with Gasteiger partial charge in [-0.2, -0.15) is 9.97 Å². The number of likely N-dealkylation sites (tertiary alicyclic amines) is 1. The van der Waals surface area contributed by atoms with Crippen molar-refractivity contribution in [2.45, 2.75) is 51.6 Å². The average molecular weight is 437 g/mol. The molecular weight excluding hydrogens is 404 g/mol. The van der Waals surface area contributed by atoms with Crippen molar-refractivity contribution in [2.75, 3.05) is 42.2 Å². The van der Waals surface area contributed by atoms with Crippen LogP contribution in [0.2, 0.25) is 0 Å². The van der Waals surface area contributed by atoms with Crippen LogP contribution in [0.25, 0.3) is 0 Å². The highest BCUT2D eigenvalue weighted by Gasteiger charge is 2.26. The molecule has 32 heavy (non-hydrogen) atoms. The van der Waals surface area contributed by atoms with Crippen molar-refractivity contribution in [1.82, 2.24) is 14.9 Å². The third kappa shape index (κ3) is 4.80. The van der Waals surface area contributed by atoms with E-state index in [-0.39, 0.29) is 17.7 Å². The number of carbonyl (C=O) groups is 1. The molecule has 1 saturated carbocycles. The van der Waals surface area contributed by atoms with Crippen LogP contribution in [-0.4, -0.2) is 47.0 Å². The normalized spacial score (nSPS) is 19.2. The Morgan fingerprint density at radius 3 is 2.59 bits per heavy atom. The first kappa shape index (κ1) is 21.0. The Hall–Kier alpha value is -2.87. The number of nitrogens with zero attached hydrogens (tertiary/aromatic N) is 4. The second-order valence-electron chi connectivity index (χ2n) is 9.22. The molecule has 1 aliphatic carbocycles. The van der Waals surface area contributed by atoms with Crippen LogP contribution in [0.5, 0.6) is 6.01 Å². The number of rotatable bonds is 7. The van der Waals surface area contributed by atoms with Crippen LogP contribution in [0.15, 0.2) is 24.3 Å². The summed E-state index contributed by atoms with van der Waals surface area (Å²) in [6.45, 7) is 5.17. The van der Waals surface area contributed by atoms with Crippen LogP contribution in [0.1, 0.15) is 49.7 Å². The highest BCUT2D eigenvalue weighted by atomic mass is 16.5. The van der Waals surface area contributed by atoms with Crippen LogP contribution < -0.4 is 20.7 Å². The molecule has 0 unspecified atom stereocenters. The van der Waals surface area contributed by atoms with Gasteiger partial charge in [0.1, 0.15) is 5.69 Å². The van der Waals surface area contributed by atoms with Gasteiger partial charge in [-0.3, -0.25) is 9.69 Å². The van der Waals surface area contributed by atoms with Crippen molar-refractivity contribution >= 4 is 23.2 Å². The maximum Gasteiger partial charge on any atom is 0.320 e. The summed E-state index contributed by atoms with van der Waals surface area (Å²) in [5, 5.41) is 2.89. The molecule has 0 bridgehead atoms. The van der Waals surface area contributed by atoms with Gasteiger partial charge < -0.3 is 20.7 Å². The van der Waals surface area contributed by atoms with Gasteiger partial charge in [-0.1, -0.05) is 30.7 Å². The molecule has 3 heterocycles. The molecule has 3 N–H and O–H groups in total. The quantitative estimate of drug-likeness (QED) is 0.688. The predicted molar refractivity (Wildman–Crippen MR) is 125 cm³/mol. The number of nitrogen functional groups attached to an aromatic ring is 1. The topological polar surface area (TPSA) is 96.6 Å². The van der Waals surface area contributed by atoms with Gasteiger partial charge in [-0.15, -0.1) is 0 Å². The van der Waals surface area contributed by atoms with Crippen molar-refractivity contribution in [1.29, 1.82) is 0 Å². The van der Waals surface area contributed by atoms with Gasteiger partial charge in [0.25, 0.3) is 0 Å². The van der Waals surface area contributed by atoms with E-state index in [2.05, 4.69) is 49.4 Å². The number of hydrogen-bond donors (Lipinski definition) is 2. The van der Waals surface area contributed by atoms with Gasteiger partial charge in [0, 0.05) is 26.1 Å². The minimum Gasteiger partial charge on any atom is -0.463 e. The molecule has 1 saturated heterocycles. The Morgan fingerprint density at radius 1 is 1.06 bits per heavy atom. The fraction of sp³-hybridized carbons (Fsp3) is 0.542. The molecule has 0 atom stereocenters. The van der Waals surface area contributed by atoms with E-state index < -0.39 is 0 Å². The SMILES string of the molecule is Nc1nc(OCC2CCC2)nc2c1NC(=O)CCN2Cc1cccc(CN2CCCC2)c1. The summed E-state index contributed by atoms with van der Waals surface area (Å²) in [6.07, 6.45) is 6.60. The molecule has 2 fully saturated rings. The first-order valence-corrected chi connectivity index (χ1v) is 11.8. The average Bonchev–Trinajstić information content (AvgIpc) is 3.19. The largest absolute Gasteiger partial charge is 0.463 e. The van der Waals surface area contributed by atoms with Crippen molar-refractivity contribution in [3.05, 3.63) is 35.4 Å². The zero-order valence-electron chi connectivity index (χ0n) is 18.6. The lowest BCUT2D eigenvalue weighted by molar-refractivity contribution is -0.115. The van der Waals surface area contributed by atoms with E-state index in [0.29, 0.717) is 43.5 Å². The predicted octanol–water partition coefficient (Wildman–Crippen LogP) is 3.18. The van der Waals surface area contributed by atoms with Crippen LogP contribution >= 0.6 is 0 Å². The van der Waals surface area contributed by atoms with Gasteiger partial charge >= 0.3 is 6.01 Å². The molecule has 2 aliphatic heterocycles. The van der Waals surface area contributed by atoms with E-state index in [1.807, 2.05) is 0 Å². The summed E-state index contributed by atoms with van der Waals surface area (Å²) < 4.78 is 5.87. The highest BCUT2D eigenvalue weighted by Crippen LogP contribution is 2.34.